The third-order valence-electron chi connectivity index (χ3n) is 5.43. The highest BCUT2D eigenvalue weighted by molar-refractivity contribution is 5.94. The van der Waals surface area contributed by atoms with Crippen LogP contribution in [0.5, 0.6) is 0 Å². The monoisotopic (exact) mass is 411 g/mol. The second-order valence-electron chi connectivity index (χ2n) is 7.54. The molecule has 1 aromatic carbocycles. The number of piperazine rings is 1. The predicted molar refractivity (Wildman–Crippen MR) is 104 cm³/mol. The zero-order valence-corrected chi connectivity index (χ0v) is 16.1. The van der Waals surface area contributed by atoms with Gasteiger partial charge < -0.3 is 14.3 Å². The van der Waals surface area contributed by atoms with Crippen LogP contribution in [-0.4, -0.2) is 52.1 Å². The molecule has 30 heavy (non-hydrogen) atoms. The van der Waals surface area contributed by atoms with Gasteiger partial charge in [0.25, 0.3) is 5.91 Å². The Labute approximate surface area is 171 Å². The lowest BCUT2D eigenvalue weighted by molar-refractivity contribution is 0.0746. The maximum atomic E-state index is 13.4. The first-order valence-corrected chi connectivity index (χ1v) is 9.88. The summed E-state index contributed by atoms with van der Waals surface area (Å²) in [6.07, 6.45) is 3.92. The van der Waals surface area contributed by atoms with Crippen molar-refractivity contribution in [3.05, 3.63) is 59.6 Å². The lowest BCUT2D eigenvalue weighted by Gasteiger charge is -2.35. The Bertz CT molecular complexity index is 1070. The number of hydrogen-bond acceptors (Lipinski definition) is 6. The standard InChI is InChI=1S/C21H19F2N5O2/c22-16-5-3-14(11-17(16)23)21(29)28-9-7-27(8-10-28)18-6-4-15(12-24-18)19-25-20(30-26-19)13-1-2-13/h3-6,11-13H,1-2,7-10H2. The van der Waals surface area contributed by atoms with E-state index in [1.54, 1.807) is 11.1 Å². The van der Waals surface area contributed by atoms with Crippen LogP contribution in [0.25, 0.3) is 11.4 Å². The van der Waals surface area contributed by atoms with Gasteiger partial charge in [0.2, 0.25) is 11.7 Å². The predicted octanol–water partition coefficient (Wildman–Crippen LogP) is 3.25. The van der Waals surface area contributed by atoms with Gasteiger partial charge in [0, 0.05) is 49.4 Å². The van der Waals surface area contributed by atoms with Gasteiger partial charge in [0.1, 0.15) is 5.82 Å². The molecule has 0 atom stereocenters. The zero-order valence-electron chi connectivity index (χ0n) is 16.1. The molecule has 0 unspecified atom stereocenters. The Morgan fingerprint density at radius 1 is 1.03 bits per heavy atom. The minimum Gasteiger partial charge on any atom is -0.353 e. The molecule has 2 fully saturated rings. The van der Waals surface area contributed by atoms with Crippen LogP contribution >= 0.6 is 0 Å². The maximum absolute atomic E-state index is 13.4. The highest BCUT2D eigenvalue weighted by Crippen LogP contribution is 2.39. The van der Waals surface area contributed by atoms with Crippen molar-refractivity contribution in [1.29, 1.82) is 0 Å². The van der Waals surface area contributed by atoms with Crippen LogP contribution in [0.1, 0.15) is 35.0 Å². The fourth-order valence-electron chi connectivity index (χ4n) is 3.50. The number of carbonyl (C=O) groups is 1. The van der Waals surface area contributed by atoms with Gasteiger partial charge in [0.05, 0.1) is 0 Å². The summed E-state index contributed by atoms with van der Waals surface area (Å²) in [6, 6.07) is 7.02. The third kappa shape index (κ3) is 3.62. The van der Waals surface area contributed by atoms with E-state index in [1.165, 1.54) is 6.07 Å². The van der Waals surface area contributed by atoms with E-state index >= 15 is 0 Å². The van der Waals surface area contributed by atoms with E-state index in [9.17, 15) is 13.6 Å². The summed E-state index contributed by atoms with van der Waals surface area (Å²) in [5, 5.41) is 4.03. The van der Waals surface area contributed by atoms with Gasteiger partial charge in [-0.05, 0) is 43.2 Å². The van der Waals surface area contributed by atoms with Gasteiger partial charge in [0.15, 0.2) is 11.6 Å². The number of halogens is 2. The first-order chi connectivity index (χ1) is 14.6. The van der Waals surface area contributed by atoms with E-state index in [-0.39, 0.29) is 11.5 Å². The van der Waals surface area contributed by atoms with Crippen molar-refractivity contribution >= 4 is 11.7 Å². The minimum absolute atomic E-state index is 0.149. The van der Waals surface area contributed by atoms with E-state index in [1.807, 2.05) is 12.1 Å². The molecule has 3 heterocycles. The number of anilines is 1. The largest absolute Gasteiger partial charge is 0.353 e. The lowest BCUT2D eigenvalue weighted by Crippen LogP contribution is -2.49. The second-order valence-corrected chi connectivity index (χ2v) is 7.54. The molecule has 1 saturated carbocycles. The Kier molecular flexibility index (Phi) is 4.65. The Balaban J connectivity index is 1.21. The van der Waals surface area contributed by atoms with Gasteiger partial charge in [-0.3, -0.25) is 4.79 Å². The summed E-state index contributed by atoms with van der Waals surface area (Å²) in [7, 11) is 0. The van der Waals surface area contributed by atoms with Crippen molar-refractivity contribution in [2.75, 3.05) is 31.1 Å². The molecule has 7 nitrogen and oxygen atoms in total. The molecule has 3 aromatic rings. The van der Waals surface area contributed by atoms with Crippen molar-refractivity contribution in [3.63, 3.8) is 0 Å². The summed E-state index contributed by atoms with van der Waals surface area (Å²) in [5.41, 5.74) is 0.942. The van der Waals surface area contributed by atoms with E-state index in [0.29, 0.717) is 43.8 Å². The number of amides is 1. The molecular weight excluding hydrogens is 392 g/mol. The molecule has 0 spiro atoms. The summed E-state index contributed by atoms with van der Waals surface area (Å²) in [6.45, 7) is 2.12. The maximum Gasteiger partial charge on any atom is 0.254 e. The molecule has 9 heteroatoms. The number of nitrogens with zero attached hydrogens (tertiary/aromatic N) is 5. The lowest BCUT2D eigenvalue weighted by atomic mass is 10.1. The zero-order chi connectivity index (χ0) is 20.7. The summed E-state index contributed by atoms with van der Waals surface area (Å²) >= 11 is 0. The average Bonchev–Trinajstić information content (AvgIpc) is 3.52. The van der Waals surface area contributed by atoms with Crippen molar-refractivity contribution in [2.24, 2.45) is 0 Å². The molecule has 2 aromatic heterocycles. The molecule has 154 valence electrons. The molecule has 2 aliphatic rings. The second kappa shape index (κ2) is 7.47. The van der Waals surface area contributed by atoms with Crippen molar-refractivity contribution in [1.82, 2.24) is 20.0 Å². The molecule has 1 aliphatic heterocycles. The minimum atomic E-state index is -1.02. The molecule has 1 amide bonds. The Morgan fingerprint density at radius 2 is 1.83 bits per heavy atom. The first kappa shape index (κ1) is 18.7. The Hall–Kier alpha value is -3.36. The summed E-state index contributed by atoms with van der Waals surface area (Å²) < 4.78 is 31.8. The van der Waals surface area contributed by atoms with Gasteiger partial charge in [-0.1, -0.05) is 5.16 Å². The normalized spacial score (nSPS) is 16.7. The van der Waals surface area contributed by atoms with Gasteiger partial charge in [-0.2, -0.15) is 4.98 Å². The summed E-state index contributed by atoms with van der Waals surface area (Å²) in [5.74, 6) is 0.146. The van der Waals surface area contributed by atoms with Crippen molar-refractivity contribution < 1.29 is 18.1 Å². The van der Waals surface area contributed by atoms with Crippen LogP contribution in [0.4, 0.5) is 14.6 Å². The van der Waals surface area contributed by atoms with E-state index in [4.69, 9.17) is 4.52 Å². The molecule has 5 rings (SSSR count). The molecule has 1 saturated heterocycles. The fourth-order valence-corrected chi connectivity index (χ4v) is 3.50. The smallest absolute Gasteiger partial charge is 0.254 e. The number of carbonyl (C=O) groups excluding carboxylic acids is 1. The quantitative estimate of drug-likeness (QED) is 0.656. The average molecular weight is 411 g/mol. The van der Waals surface area contributed by atoms with Crippen LogP contribution in [0.2, 0.25) is 0 Å². The number of benzene rings is 1. The molecule has 0 radical (unpaired) electrons. The van der Waals surface area contributed by atoms with Crippen LogP contribution < -0.4 is 4.90 Å². The SMILES string of the molecule is O=C(c1ccc(F)c(F)c1)N1CCN(c2ccc(-c3noc(C4CC4)n3)cn2)CC1. The molecule has 1 aliphatic carbocycles. The topological polar surface area (TPSA) is 75.4 Å². The number of aromatic nitrogens is 3. The Morgan fingerprint density at radius 3 is 2.50 bits per heavy atom. The van der Waals surface area contributed by atoms with Crippen molar-refractivity contribution in [2.45, 2.75) is 18.8 Å². The number of pyridine rings is 1. The van der Waals surface area contributed by atoms with Gasteiger partial charge in [-0.25, -0.2) is 13.8 Å². The van der Waals surface area contributed by atoms with Crippen LogP contribution in [0.15, 0.2) is 41.1 Å². The highest BCUT2D eigenvalue weighted by atomic mass is 19.2. The summed E-state index contributed by atoms with van der Waals surface area (Å²) in [4.78, 5) is 25.2. The van der Waals surface area contributed by atoms with E-state index in [0.717, 1.165) is 36.4 Å². The van der Waals surface area contributed by atoms with Crippen LogP contribution in [0, 0.1) is 11.6 Å². The number of hydrogen-bond donors (Lipinski definition) is 0. The molecule has 0 N–H and O–H groups in total. The van der Waals surface area contributed by atoms with Crippen LogP contribution in [0.3, 0.4) is 0 Å². The van der Waals surface area contributed by atoms with Gasteiger partial charge in [-0.15, -0.1) is 0 Å². The fraction of sp³-hybridized carbons (Fsp3) is 0.333. The van der Waals surface area contributed by atoms with E-state index in [2.05, 4.69) is 20.0 Å². The third-order valence-corrected chi connectivity index (χ3v) is 5.43. The van der Waals surface area contributed by atoms with Crippen molar-refractivity contribution in [3.8, 4) is 11.4 Å². The molecule has 0 bridgehead atoms. The van der Waals surface area contributed by atoms with Crippen LogP contribution in [-0.2, 0) is 0 Å². The van der Waals surface area contributed by atoms with Gasteiger partial charge >= 0.3 is 0 Å². The van der Waals surface area contributed by atoms with E-state index < -0.39 is 11.6 Å². The first-order valence-electron chi connectivity index (χ1n) is 9.88. The molecular formula is C21H19F2N5O2. The highest BCUT2D eigenvalue weighted by Gasteiger charge is 2.30. The number of rotatable bonds is 4.